The zero-order valence-electron chi connectivity index (χ0n) is 12.8. The van der Waals surface area contributed by atoms with E-state index < -0.39 is 5.41 Å². The van der Waals surface area contributed by atoms with Gasteiger partial charge in [-0.1, -0.05) is 36.4 Å². The number of benzene rings is 1. The molecule has 118 valence electrons. The molecule has 1 heterocycles. The standard InChI is InChI=1S/C17H20O4S/c1-17(2,12-21-15(18)14-9-6-10-22-14)16(19)20-11-13-7-4-3-5-8-13/h3-8,10,14H,9,11-12H2,1-2H3. The minimum Gasteiger partial charge on any atom is -0.464 e. The molecule has 0 N–H and O–H groups in total. The SMILES string of the molecule is CC(C)(COC(=O)C1CC=CS1)C(=O)OCc1ccccc1. The molecule has 0 amide bonds. The van der Waals surface area contributed by atoms with Crippen molar-refractivity contribution < 1.29 is 19.1 Å². The van der Waals surface area contributed by atoms with Crippen molar-refractivity contribution in [2.24, 2.45) is 5.41 Å². The molecule has 0 aliphatic carbocycles. The molecule has 4 nitrogen and oxygen atoms in total. The lowest BCUT2D eigenvalue weighted by atomic mass is 9.95. The van der Waals surface area contributed by atoms with E-state index in [1.807, 2.05) is 41.8 Å². The van der Waals surface area contributed by atoms with Gasteiger partial charge < -0.3 is 9.47 Å². The maximum absolute atomic E-state index is 12.1. The van der Waals surface area contributed by atoms with Crippen LogP contribution in [0.4, 0.5) is 0 Å². The summed E-state index contributed by atoms with van der Waals surface area (Å²) < 4.78 is 10.6. The van der Waals surface area contributed by atoms with Gasteiger partial charge in [-0.3, -0.25) is 9.59 Å². The zero-order valence-corrected chi connectivity index (χ0v) is 13.6. The maximum atomic E-state index is 12.1. The van der Waals surface area contributed by atoms with Gasteiger partial charge in [0, 0.05) is 0 Å². The molecule has 0 fully saturated rings. The Hall–Kier alpha value is -1.75. The van der Waals surface area contributed by atoms with E-state index in [1.54, 1.807) is 13.8 Å². The molecule has 1 atom stereocenters. The summed E-state index contributed by atoms with van der Waals surface area (Å²) in [6.07, 6.45) is 2.62. The smallest absolute Gasteiger partial charge is 0.319 e. The first kappa shape index (κ1) is 16.6. The molecule has 0 radical (unpaired) electrons. The number of esters is 2. The van der Waals surface area contributed by atoms with Crippen molar-refractivity contribution in [3.63, 3.8) is 0 Å². The Bertz CT molecular complexity index is 543. The second kappa shape index (κ2) is 7.49. The van der Waals surface area contributed by atoms with Gasteiger partial charge in [0.15, 0.2) is 0 Å². The van der Waals surface area contributed by atoms with Crippen LogP contribution in [0, 0.1) is 5.41 Å². The van der Waals surface area contributed by atoms with Crippen molar-refractivity contribution >= 4 is 23.7 Å². The maximum Gasteiger partial charge on any atom is 0.319 e. The van der Waals surface area contributed by atoms with Gasteiger partial charge in [0.25, 0.3) is 0 Å². The van der Waals surface area contributed by atoms with Crippen LogP contribution in [0.2, 0.25) is 0 Å². The van der Waals surface area contributed by atoms with Crippen molar-refractivity contribution in [2.45, 2.75) is 32.1 Å². The number of hydrogen-bond donors (Lipinski definition) is 0. The van der Waals surface area contributed by atoms with Gasteiger partial charge in [0.2, 0.25) is 0 Å². The predicted octanol–water partition coefficient (Wildman–Crippen LogP) is 3.32. The Morgan fingerprint density at radius 2 is 1.95 bits per heavy atom. The van der Waals surface area contributed by atoms with Gasteiger partial charge in [0.05, 0.1) is 5.41 Å². The summed E-state index contributed by atoms with van der Waals surface area (Å²) in [4.78, 5) is 24.0. The summed E-state index contributed by atoms with van der Waals surface area (Å²) in [7, 11) is 0. The lowest BCUT2D eigenvalue weighted by Gasteiger charge is -2.23. The number of hydrogen-bond acceptors (Lipinski definition) is 5. The van der Waals surface area contributed by atoms with Gasteiger partial charge in [-0.2, -0.15) is 0 Å². The quantitative estimate of drug-likeness (QED) is 0.753. The lowest BCUT2D eigenvalue weighted by Crippen LogP contribution is -2.34. The van der Waals surface area contributed by atoms with Crippen molar-refractivity contribution in [3.05, 3.63) is 47.4 Å². The van der Waals surface area contributed by atoms with Crippen LogP contribution in [0.5, 0.6) is 0 Å². The minimum absolute atomic E-state index is 0.0243. The van der Waals surface area contributed by atoms with Gasteiger partial charge in [-0.25, -0.2) is 0 Å². The van der Waals surface area contributed by atoms with Crippen LogP contribution < -0.4 is 0 Å². The van der Waals surface area contributed by atoms with Crippen LogP contribution in [0.3, 0.4) is 0 Å². The molecule has 1 aromatic rings. The van der Waals surface area contributed by atoms with Crippen molar-refractivity contribution in [2.75, 3.05) is 6.61 Å². The molecule has 22 heavy (non-hydrogen) atoms. The van der Waals surface area contributed by atoms with E-state index in [4.69, 9.17) is 9.47 Å². The number of allylic oxidation sites excluding steroid dienone is 1. The van der Waals surface area contributed by atoms with Gasteiger partial charge in [-0.05, 0) is 31.2 Å². The van der Waals surface area contributed by atoms with E-state index in [0.29, 0.717) is 6.42 Å². The Morgan fingerprint density at radius 3 is 2.59 bits per heavy atom. The van der Waals surface area contributed by atoms with Crippen molar-refractivity contribution in [3.8, 4) is 0 Å². The number of thioether (sulfide) groups is 1. The van der Waals surface area contributed by atoms with E-state index >= 15 is 0 Å². The summed E-state index contributed by atoms with van der Waals surface area (Å²) in [6.45, 7) is 3.68. The second-order valence-electron chi connectivity index (χ2n) is 5.79. The third-order valence-electron chi connectivity index (χ3n) is 3.29. The number of rotatable bonds is 6. The molecular weight excluding hydrogens is 300 g/mol. The Balaban J connectivity index is 1.78. The molecule has 5 heteroatoms. The first-order chi connectivity index (χ1) is 10.5. The van der Waals surface area contributed by atoms with E-state index in [9.17, 15) is 9.59 Å². The Morgan fingerprint density at radius 1 is 1.23 bits per heavy atom. The average Bonchev–Trinajstić information content (AvgIpc) is 3.05. The highest BCUT2D eigenvalue weighted by molar-refractivity contribution is 8.03. The van der Waals surface area contributed by atoms with Gasteiger partial charge in [-0.15, -0.1) is 11.8 Å². The molecule has 0 saturated heterocycles. The molecule has 1 unspecified atom stereocenters. The molecule has 1 aromatic carbocycles. The summed E-state index contributed by atoms with van der Waals surface area (Å²) in [5.41, 5.74) is 0.0679. The van der Waals surface area contributed by atoms with E-state index in [-0.39, 0.29) is 30.4 Å². The highest BCUT2D eigenvalue weighted by atomic mass is 32.2. The Kier molecular flexibility index (Phi) is 5.66. The number of carbonyl (C=O) groups excluding carboxylic acids is 2. The molecule has 2 rings (SSSR count). The van der Waals surface area contributed by atoms with E-state index in [1.165, 1.54) is 11.8 Å². The van der Waals surface area contributed by atoms with E-state index in [0.717, 1.165) is 5.56 Å². The average molecular weight is 320 g/mol. The molecule has 0 spiro atoms. The first-order valence-corrected chi connectivity index (χ1v) is 8.11. The highest BCUT2D eigenvalue weighted by Crippen LogP contribution is 2.26. The molecule has 0 bridgehead atoms. The lowest BCUT2D eigenvalue weighted by molar-refractivity contribution is -0.162. The van der Waals surface area contributed by atoms with Crippen LogP contribution in [0.25, 0.3) is 0 Å². The van der Waals surface area contributed by atoms with Gasteiger partial charge in [0.1, 0.15) is 18.5 Å². The number of ether oxygens (including phenoxy) is 2. The normalized spacial score (nSPS) is 17.3. The number of carbonyl (C=O) groups is 2. The molecule has 0 aromatic heterocycles. The fourth-order valence-corrected chi connectivity index (χ4v) is 2.67. The van der Waals surface area contributed by atoms with E-state index in [2.05, 4.69) is 0 Å². The summed E-state index contributed by atoms with van der Waals surface area (Å²) in [6, 6.07) is 9.48. The zero-order chi connectivity index (χ0) is 16.0. The third kappa shape index (κ3) is 4.63. The van der Waals surface area contributed by atoms with Crippen LogP contribution >= 0.6 is 11.8 Å². The molecule has 1 aliphatic heterocycles. The summed E-state index contributed by atoms with van der Waals surface area (Å²) in [5.74, 6) is -0.653. The largest absolute Gasteiger partial charge is 0.464 e. The predicted molar refractivity (Wildman–Crippen MR) is 86.1 cm³/mol. The Labute approximate surface area is 134 Å². The minimum atomic E-state index is -0.860. The molecular formula is C17H20O4S. The van der Waals surface area contributed by atoms with Crippen LogP contribution in [0.15, 0.2) is 41.8 Å². The second-order valence-corrected chi connectivity index (χ2v) is 6.90. The van der Waals surface area contributed by atoms with Crippen LogP contribution in [0.1, 0.15) is 25.8 Å². The van der Waals surface area contributed by atoms with Crippen molar-refractivity contribution in [1.82, 2.24) is 0 Å². The van der Waals surface area contributed by atoms with Crippen LogP contribution in [-0.4, -0.2) is 23.8 Å². The van der Waals surface area contributed by atoms with Crippen molar-refractivity contribution in [1.29, 1.82) is 0 Å². The monoisotopic (exact) mass is 320 g/mol. The summed E-state index contributed by atoms with van der Waals surface area (Å²) >= 11 is 1.45. The fourth-order valence-electron chi connectivity index (χ4n) is 1.86. The topological polar surface area (TPSA) is 52.6 Å². The summed E-state index contributed by atoms with van der Waals surface area (Å²) in [5, 5.41) is 1.71. The highest BCUT2D eigenvalue weighted by Gasteiger charge is 2.32. The van der Waals surface area contributed by atoms with Gasteiger partial charge >= 0.3 is 11.9 Å². The third-order valence-corrected chi connectivity index (χ3v) is 4.36. The molecule has 1 aliphatic rings. The van der Waals surface area contributed by atoms with Crippen LogP contribution in [-0.2, 0) is 25.7 Å². The fraction of sp³-hybridized carbons (Fsp3) is 0.412. The molecule has 0 saturated carbocycles. The first-order valence-electron chi connectivity index (χ1n) is 7.17.